The minimum absolute atomic E-state index is 0.430. The normalized spacial score (nSPS) is 14.6. The molecule has 0 atom stereocenters. The maximum Gasteiger partial charge on any atom is 0.227 e. The first-order chi connectivity index (χ1) is 18.2. The zero-order valence-corrected chi connectivity index (χ0v) is 21.9. The molecule has 3 aromatic rings. The number of hydrogen-bond donors (Lipinski definition) is 1. The number of fused-ring (bicyclic) bond motifs is 7. The number of anilines is 2. The van der Waals surface area contributed by atoms with Gasteiger partial charge in [-0.1, -0.05) is 26.0 Å². The van der Waals surface area contributed by atoms with Crippen molar-refractivity contribution >= 4 is 11.6 Å². The van der Waals surface area contributed by atoms with E-state index < -0.39 is 0 Å². The predicted molar refractivity (Wildman–Crippen MR) is 146 cm³/mol. The Morgan fingerprint density at radius 3 is 2.73 bits per heavy atom. The topological polar surface area (TPSA) is 78.0 Å². The maximum atomic E-state index is 6.15. The second-order valence-electron chi connectivity index (χ2n) is 8.58. The summed E-state index contributed by atoms with van der Waals surface area (Å²) in [4.78, 5) is 11.5. The molecule has 0 radical (unpaired) electrons. The summed E-state index contributed by atoms with van der Waals surface area (Å²) in [6.45, 7) is 9.30. The summed E-state index contributed by atoms with van der Waals surface area (Å²) in [5.74, 6) is 2.69. The number of nitrogens with zero attached hydrogens (tertiary/aromatic N) is 3. The van der Waals surface area contributed by atoms with Crippen LogP contribution < -0.4 is 19.5 Å². The molecular formula is C29H36N4O4. The van der Waals surface area contributed by atoms with E-state index >= 15 is 0 Å². The SMILES string of the molecule is CCN(CC)CCOc1ccc2cc1COC/C=C\CCOc1cc(ccc1OC)-c1ccnc(n1)N2. The van der Waals surface area contributed by atoms with Crippen LogP contribution in [-0.4, -0.2) is 61.4 Å². The first-order valence-corrected chi connectivity index (χ1v) is 12.8. The van der Waals surface area contributed by atoms with Crippen LogP contribution in [0.15, 0.2) is 60.8 Å². The van der Waals surface area contributed by atoms with E-state index in [1.165, 1.54) is 0 Å². The van der Waals surface area contributed by atoms with Crippen LogP contribution in [0.25, 0.3) is 11.3 Å². The molecule has 0 aliphatic carbocycles. The summed E-state index contributed by atoms with van der Waals surface area (Å²) in [5, 5.41) is 3.33. The number of hydrogen-bond acceptors (Lipinski definition) is 8. The van der Waals surface area contributed by atoms with Crippen molar-refractivity contribution in [3.8, 4) is 28.5 Å². The van der Waals surface area contributed by atoms with Gasteiger partial charge in [-0.3, -0.25) is 0 Å². The van der Waals surface area contributed by atoms with Gasteiger partial charge < -0.3 is 29.2 Å². The van der Waals surface area contributed by atoms with E-state index in [0.29, 0.717) is 43.9 Å². The molecule has 1 aliphatic heterocycles. The smallest absolute Gasteiger partial charge is 0.227 e. The van der Waals surface area contributed by atoms with E-state index in [1.807, 2.05) is 48.5 Å². The Balaban J connectivity index is 1.60. The summed E-state index contributed by atoms with van der Waals surface area (Å²) >= 11 is 0. The molecule has 8 heteroatoms. The fraction of sp³-hybridized carbons (Fsp3) is 0.379. The van der Waals surface area contributed by atoms with Gasteiger partial charge in [-0.2, -0.15) is 0 Å². The zero-order chi connectivity index (χ0) is 25.9. The number of ether oxygens (including phenoxy) is 4. The third-order valence-corrected chi connectivity index (χ3v) is 6.17. The van der Waals surface area contributed by atoms with Gasteiger partial charge in [0.15, 0.2) is 11.5 Å². The minimum Gasteiger partial charge on any atom is -0.493 e. The molecule has 0 spiro atoms. The van der Waals surface area contributed by atoms with Crippen LogP contribution in [0.4, 0.5) is 11.6 Å². The van der Waals surface area contributed by atoms with Gasteiger partial charge in [0.05, 0.1) is 32.6 Å². The van der Waals surface area contributed by atoms with Crippen LogP contribution in [0.2, 0.25) is 0 Å². The second kappa shape index (κ2) is 13.6. The van der Waals surface area contributed by atoms with Gasteiger partial charge in [-0.05, 0) is 62.0 Å². The Hall–Kier alpha value is -3.62. The van der Waals surface area contributed by atoms with Gasteiger partial charge in [0.2, 0.25) is 5.95 Å². The standard InChI is InChI=1S/C29H36N4O4/c1-4-33(5-2)15-18-37-26-12-10-24-19-23(26)21-35-16-7-6-8-17-36-28-20-22(9-11-27(28)34-3)25-13-14-30-29(31-24)32-25/h6-7,9-14,19-20H,4-5,8,15-18,21H2,1-3H3,(H,30,31,32)/b7-6-. The van der Waals surface area contributed by atoms with Crippen molar-refractivity contribution in [1.82, 2.24) is 14.9 Å². The lowest BCUT2D eigenvalue weighted by Crippen LogP contribution is -2.28. The zero-order valence-electron chi connectivity index (χ0n) is 21.9. The van der Waals surface area contributed by atoms with Gasteiger partial charge in [0.1, 0.15) is 12.4 Å². The Morgan fingerprint density at radius 1 is 1.03 bits per heavy atom. The molecule has 0 saturated heterocycles. The number of likely N-dealkylation sites (N-methyl/N-ethyl adjacent to an activating group) is 1. The van der Waals surface area contributed by atoms with Crippen molar-refractivity contribution in [2.75, 3.05) is 51.9 Å². The highest BCUT2D eigenvalue weighted by Gasteiger charge is 2.11. The van der Waals surface area contributed by atoms with Crippen molar-refractivity contribution in [2.45, 2.75) is 26.9 Å². The molecule has 2 aromatic carbocycles. The highest BCUT2D eigenvalue weighted by atomic mass is 16.5. The molecule has 0 unspecified atom stereocenters. The van der Waals surface area contributed by atoms with E-state index in [2.05, 4.69) is 35.1 Å². The minimum atomic E-state index is 0.430. The number of benzene rings is 2. The molecule has 0 amide bonds. The average molecular weight is 505 g/mol. The lowest BCUT2D eigenvalue weighted by atomic mass is 10.1. The first-order valence-electron chi connectivity index (χ1n) is 12.8. The number of aromatic nitrogens is 2. The highest BCUT2D eigenvalue weighted by Crippen LogP contribution is 2.33. The molecular weight excluding hydrogens is 468 g/mol. The molecule has 1 N–H and O–H groups in total. The third-order valence-electron chi connectivity index (χ3n) is 6.17. The summed E-state index contributed by atoms with van der Waals surface area (Å²) in [6.07, 6.45) is 6.58. The van der Waals surface area contributed by atoms with Crippen LogP contribution in [0.1, 0.15) is 25.8 Å². The number of rotatable bonds is 7. The molecule has 196 valence electrons. The van der Waals surface area contributed by atoms with E-state index in [0.717, 1.165) is 54.3 Å². The molecule has 0 saturated carbocycles. The summed E-state index contributed by atoms with van der Waals surface area (Å²) in [5.41, 5.74) is 3.54. The van der Waals surface area contributed by atoms with Crippen LogP contribution in [0.5, 0.6) is 17.2 Å². The Kier molecular flexibility index (Phi) is 9.74. The maximum absolute atomic E-state index is 6.15. The monoisotopic (exact) mass is 504 g/mol. The fourth-order valence-corrected chi connectivity index (χ4v) is 4.05. The van der Waals surface area contributed by atoms with Crippen molar-refractivity contribution in [1.29, 1.82) is 0 Å². The fourth-order valence-electron chi connectivity index (χ4n) is 4.05. The van der Waals surface area contributed by atoms with Crippen LogP contribution >= 0.6 is 0 Å². The molecule has 2 heterocycles. The molecule has 37 heavy (non-hydrogen) atoms. The van der Waals surface area contributed by atoms with E-state index in [1.54, 1.807) is 13.3 Å². The summed E-state index contributed by atoms with van der Waals surface area (Å²) < 4.78 is 23.6. The van der Waals surface area contributed by atoms with Crippen LogP contribution in [-0.2, 0) is 11.3 Å². The van der Waals surface area contributed by atoms with Crippen molar-refractivity contribution in [3.05, 3.63) is 66.4 Å². The van der Waals surface area contributed by atoms with Gasteiger partial charge in [0, 0.05) is 29.6 Å². The third kappa shape index (κ3) is 7.44. The Morgan fingerprint density at radius 2 is 1.89 bits per heavy atom. The second-order valence-corrected chi connectivity index (χ2v) is 8.58. The van der Waals surface area contributed by atoms with Gasteiger partial charge >= 0.3 is 0 Å². The predicted octanol–water partition coefficient (Wildman–Crippen LogP) is 5.47. The van der Waals surface area contributed by atoms with Crippen LogP contribution in [0, 0.1) is 0 Å². The van der Waals surface area contributed by atoms with Crippen molar-refractivity contribution < 1.29 is 18.9 Å². The van der Waals surface area contributed by atoms with Gasteiger partial charge in [-0.15, -0.1) is 0 Å². The summed E-state index contributed by atoms with van der Waals surface area (Å²) in [7, 11) is 1.64. The van der Waals surface area contributed by atoms with E-state index in [9.17, 15) is 0 Å². The van der Waals surface area contributed by atoms with Crippen LogP contribution in [0.3, 0.4) is 0 Å². The molecule has 1 aromatic heterocycles. The quantitative estimate of drug-likeness (QED) is 0.425. The van der Waals surface area contributed by atoms with Crippen molar-refractivity contribution in [2.24, 2.45) is 0 Å². The molecule has 8 nitrogen and oxygen atoms in total. The Labute approximate surface area is 219 Å². The average Bonchev–Trinajstić information content (AvgIpc) is 2.93. The molecule has 1 aliphatic rings. The lowest BCUT2D eigenvalue weighted by molar-refractivity contribution is 0.143. The largest absolute Gasteiger partial charge is 0.493 e. The van der Waals surface area contributed by atoms with Gasteiger partial charge in [-0.25, -0.2) is 9.97 Å². The van der Waals surface area contributed by atoms with Gasteiger partial charge in [0.25, 0.3) is 0 Å². The molecule has 6 bridgehead atoms. The first kappa shape index (κ1) is 26.4. The number of nitrogens with one attached hydrogen (secondary N) is 1. The van der Waals surface area contributed by atoms with Crippen molar-refractivity contribution in [3.63, 3.8) is 0 Å². The van der Waals surface area contributed by atoms with E-state index in [-0.39, 0.29) is 0 Å². The summed E-state index contributed by atoms with van der Waals surface area (Å²) in [6, 6.07) is 13.7. The molecule has 4 rings (SSSR count). The molecule has 0 fully saturated rings. The van der Waals surface area contributed by atoms with E-state index in [4.69, 9.17) is 23.9 Å². The lowest BCUT2D eigenvalue weighted by Gasteiger charge is -2.19. The highest BCUT2D eigenvalue weighted by molar-refractivity contribution is 5.66. The number of methoxy groups -OCH3 is 1. The Bertz CT molecular complexity index is 1180.